The van der Waals surface area contributed by atoms with Crippen LogP contribution in [-0.2, 0) is 13.1 Å². The first-order chi connectivity index (χ1) is 7.58. The molecule has 0 spiro atoms. The van der Waals surface area contributed by atoms with Gasteiger partial charge in [-0.2, -0.15) is 5.10 Å². The molecule has 0 bridgehead atoms. The van der Waals surface area contributed by atoms with Crippen LogP contribution in [0.5, 0.6) is 0 Å². The fourth-order valence-corrected chi connectivity index (χ4v) is 2.41. The molecule has 5 nitrogen and oxygen atoms in total. The van der Waals surface area contributed by atoms with Gasteiger partial charge in [-0.15, -0.1) is 0 Å². The van der Waals surface area contributed by atoms with E-state index in [0.717, 1.165) is 10.6 Å². The highest BCUT2D eigenvalue weighted by molar-refractivity contribution is 7.09. The predicted octanol–water partition coefficient (Wildman–Crippen LogP) is 1.01. The average molecular weight is 238 g/mol. The van der Waals surface area contributed by atoms with Gasteiger partial charge in [-0.1, -0.05) is 11.3 Å². The number of thiazole rings is 1. The third-order valence-electron chi connectivity index (χ3n) is 2.59. The molecule has 2 rings (SSSR count). The van der Waals surface area contributed by atoms with Gasteiger partial charge < -0.3 is 10.3 Å². The molecule has 2 heterocycles. The largest absolute Gasteiger partial charge is 0.382 e. The molecule has 0 atom stereocenters. The first-order valence-electron chi connectivity index (χ1n) is 5.03. The number of nitrogen functional groups attached to an aromatic ring is 1. The Bertz CT molecular complexity index is 551. The maximum Gasteiger partial charge on any atom is 0.307 e. The Hall–Kier alpha value is -1.56. The SMILES string of the molecule is Cc1sc(=O)n(CCn2ccc(N)n2)c1C. The van der Waals surface area contributed by atoms with Crippen molar-refractivity contribution in [3.8, 4) is 0 Å². The van der Waals surface area contributed by atoms with Crippen molar-refractivity contribution in [3.63, 3.8) is 0 Å². The van der Waals surface area contributed by atoms with Crippen molar-refractivity contribution >= 4 is 17.2 Å². The zero-order valence-corrected chi connectivity index (χ0v) is 10.1. The normalized spacial score (nSPS) is 10.9. The Kier molecular flexibility index (Phi) is 2.82. The molecule has 2 aromatic heterocycles. The van der Waals surface area contributed by atoms with Crippen LogP contribution in [0.25, 0.3) is 0 Å². The molecule has 0 radical (unpaired) electrons. The van der Waals surface area contributed by atoms with Crippen molar-refractivity contribution in [2.24, 2.45) is 0 Å². The minimum atomic E-state index is 0.0927. The Morgan fingerprint density at radius 3 is 2.69 bits per heavy atom. The van der Waals surface area contributed by atoms with Gasteiger partial charge in [-0.05, 0) is 19.9 Å². The lowest BCUT2D eigenvalue weighted by Gasteiger charge is -2.04. The van der Waals surface area contributed by atoms with E-state index in [9.17, 15) is 4.79 Å². The summed E-state index contributed by atoms with van der Waals surface area (Å²) in [6.07, 6.45) is 1.81. The minimum absolute atomic E-state index is 0.0927. The Labute approximate surface area is 97.1 Å². The van der Waals surface area contributed by atoms with E-state index in [2.05, 4.69) is 5.10 Å². The van der Waals surface area contributed by atoms with E-state index in [4.69, 9.17) is 5.73 Å². The summed E-state index contributed by atoms with van der Waals surface area (Å²) < 4.78 is 3.52. The number of nitrogens with two attached hydrogens (primary N) is 1. The van der Waals surface area contributed by atoms with Crippen LogP contribution < -0.4 is 10.6 Å². The molecule has 0 aromatic carbocycles. The number of hydrogen-bond acceptors (Lipinski definition) is 4. The van der Waals surface area contributed by atoms with Gasteiger partial charge >= 0.3 is 4.87 Å². The smallest absolute Gasteiger partial charge is 0.307 e. The van der Waals surface area contributed by atoms with Gasteiger partial charge in [-0.25, -0.2) is 0 Å². The first-order valence-corrected chi connectivity index (χ1v) is 5.85. The van der Waals surface area contributed by atoms with Gasteiger partial charge in [0.25, 0.3) is 0 Å². The lowest BCUT2D eigenvalue weighted by molar-refractivity contribution is 0.523. The molecule has 6 heteroatoms. The van der Waals surface area contributed by atoms with Crippen LogP contribution in [0.3, 0.4) is 0 Å². The zero-order chi connectivity index (χ0) is 11.7. The number of aromatic nitrogens is 3. The molecule has 16 heavy (non-hydrogen) atoms. The molecule has 0 unspecified atom stereocenters. The second-order valence-electron chi connectivity index (χ2n) is 3.66. The fraction of sp³-hybridized carbons (Fsp3) is 0.400. The summed E-state index contributed by atoms with van der Waals surface area (Å²) >= 11 is 1.29. The minimum Gasteiger partial charge on any atom is -0.382 e. The average Bonchev–Trinajstić information content (AvgIpc) is 2.72. The van der Waals surface area contributed by atoms with Gasteiger partial charge in [0, 0.05) is 23.3 Å². The van der Waals surface area contributed by atoms with Crippen LogP contribution in [0.2, 0.25) is 0 Å². The van der Waals surface area contributed by atoms with Crippen LogP contribution in [0, 0.1) is 13.8 Å². The van der Waals surface area contributed by atoms with Crippen LogP contribution in [0.4, 0.5) is 5.82 Å². The highest BCUT2D eigenvalue weighted by Crippen LogP contribution is 2.09. The van der Waals surface area contributed by atoms with Crippen LogP contribution in [0.1, 0.15) is 10.6 Å². The molecule has 2 aromatic rings. The van der Waals surface area contributed by atoms with E-state index in [-0.39, 0.29) is 4.87 Å². The highest BCUT2D eigenvalue weighted by Gasteiger charge is 2.07. The van der Waals surface area contributed by atoms with E-state index < -0.39 is 0 Å². The summed E-state index contributed by atoms with van der Waals surface area (Å²) in [6, 6.07) is 1.74. The lowest BCUT2D eigenvalue weighted by Crippen LogP contribution is -2.18. The zero-order valence-electron chi connectivity index (χ0n) is 9.30. The summed E-state index contributed by atoms with van der Waals surface area (Å²) in [4.78, 5) is 12.8. The Morgan fingerprint density at radius 2 is 2.19 bits per heavy atom. The maximum atomic E-state index is 11.6. The van der Waals surface area contributed by atoms with Crippen LogP contribution in [0.15, 0.2) is 17.1 Å². The second kappa shape index (κ2) is 4.13. The van der Waals surface area contributed by atoms with Gasteiger partial charge in [0.15, 0.2) is 0 Å². The predicted molar refractivity (Wildman–Crippen MR) is 64.7 cm³/mol. The molecule has 0 saturated heterocycles. The molecule has 0 aliphatic carbocycles. The van der Waals surface area contributed by atoms with Gasteiger partial charge in [0.1, 0.15) is 5.82 Å². The summed E-state index contributed by atoms with van der Waals surface area (Å²) in [5.74, 6) is 0.505. The molecular formula is C10H14N4OS. The third-order valence-corrected chi connectivity index (χ3v) is 3.59. The summed E-state index contributed by atoms with van der Waals surface area (Å²) in [6.45, 7) is 5.22. The molecular weight excluding hydrogens is 224 g/mol. The standard InChI is InChI=1S/C10H14N4OS/c1-7-8(2)16-10(15)14(7)6-5-13-4-3-9(11)12-13/h3-4H,5-6H2,1-2H3,(H2,11,12). The van der Waals surface area contributed by atoms with Crippen molar-refractivity contribution in [1.82, 2.24) is 14.3 Å². The molecule has 0 amide bonds. The number of hydrogen-bond donors (Lipinski definition) is 1. The van der Waals surface area contributed by atoms with Gasteiger partial charge in [0.05, 0.1) is 6.54 Å². The van der Waals surface area contributed by atoms with Crippen molar-refractivity contribution in [2.45, 2.75) is 26.9 Å². The molecule has 0 aliphatic heterocycles. The Balaban J connectivity index is 2.13. The fourth-order valence-electron chi connectivity index (χ4n) is 1.55. The van der Waals surface area contributed by atoms with Crippen LogP contribution in [-0.4, -0.2) is 14.3 Å². The monoisotopic (exact) mass is 238 g/mol. The topological polar surface area (TPSA) is 65.8 Å². The van der Waals surface area contributed by atoms with E-state index in [1.165, 1.54) is 11.3 Å². The quantitative estimate of drug-likeness (QED) is 0.867. The lowest BCUT2D eigenvalue weighted by atomic mass is 10.4. The molecule has 86 valence electrons. The number of rotatable bonds is 3. The molecule has 0 fully saturated rings. The van der Waals surface area contributed by atoms with E-state index in [0.29, 0.717) is 18.9 Å². The summed E-state index contributed by atoms with van der Waals surface area (Å²) in [5.41, 5.74) is 6.55. The van der Waals surface area contributed by atoms with Crippen molar-refractivity contribution in [3.05, 3.63) is 32.5 Å². The van der Waals surface area contributed by atoms with Crippen molar-refractivity contribution in [1.29, 1.82) is 0 Å². The van der Waals surface area contributed by atoms with Gasteiger partial charge in [-0.3, -0.25) is 9.48 Å². The van der Waals surface area contributed by atoms with E-state index >= 15 is 0 Å². The molecule has 0 saturated carbocycles. The second-order valence-corrected chi connectivity index (χ2v) is 4.83. The number of aryl methyl sites for hydroxylation is 2. The number of anilines is 1. The van der Waals surface area contributed by atoms with E-state index in [1.807, 2.05) is 20.0 Å². The first kappa shape index (κ1) is 10.9. The summed E-state index contributed by atoms with van der Waals surface area (Å²) in [5, 5.41) is 4.07. The van der Waals surface area contributed by atoms with Crippen LogP contribution >= 0.6 is 11.3 Å². The summed E-state index contributed by atoms with van der Waals surface area (Å²) in [7, 11) is 0. The maximum absolute atomic E-state index is 11.6. The van der Waals surface area contributed by atoms with Gasteiger partial charge in [0.2, 0.25) is 0 Å². The van der Waals surface area contributed by atoms with E-state index in [1.54, 1.807) is 15.3 Å². The molecule has 2 N–H and O–H groups in total. The molecule has 0 aliphatic rings. The Morgan fingerprint density at radius 1 is 1.44 bits per heavy atom. The van der Waals surface area contributed by atoms with Crippen molar-refractivity contribution < 1.29 is 0 Å². The number of nitrogens with zero attached hydrogens (tertiary/aromatic N) is 3. The van der Waals surface area contributed by atoms with Crippen molar-refractivity contribution in [2.75, 3.05) is 5.73 Å². The third kappa shape index (κ3) is 2.01. The highest BCUT2D eigenvalue weighted by atomic mass is 32.1.